The van der Waals surface area contributed by atoms with Crippen molar-refractivity contribution in [3.05, 3.63) is 12.4 Å². The largest absolute Gasteiger partial charge is 0.370 e. The molecule has 0 spiro atoms. The van der Waals surface area contributed by atoms with Crippen molar-refractivity contribution < 1.29 is 9.53 Å². The van der Waals surface area contributed by atoms with Crippen LogP contribution in [0.25, 0.3) is 0 Å². The molecule has 78 valence electrons. The fourth-order valence-electron chi connectivity index (χ4n) is 1.02. The van der Waals surface area contributed by atoms with Crippen molar-refractivity contribution in [2.75, 3.05) is 19.0 Å². The minimum atomic E-state index is -0.616. The molecule has 14 heavy (non-hydrogen) atoms. The summed E-state index contributed by atoms with van der Waals surface area (Å²) in [5, 5.41) is 6.55. The minimum Gasteiger partial charge on any atom is -0.370 e. The van der Waals surface area contributed by atoms with Crippen LogP contribution in [-0.2, 0) is 16.6 Å². The van der Waals surface area contributed by atoms with Crippen molar-refractivity contribution in [1.82, 2.24) is 9.78 Å². The van der Waals surface area contributed by atoms with Gasteiger partial charge in [-0.1, -0.05) is 0 Å². The summed E-state index contributed by atoms with van der Waals surface area (Å²) in [4.78, 5) is 11.4. The van der Waals surface area contributed by atoms with E-state index in [4.69, 9.17) is 10.5 Å². The summed E-state index contributed by atoms with van der Waals surface area (Å²) in [7, 11) is 3.22. The third-order valence-electron chi connectivity index (χ3n) is 1.76. The molecule has 1 rings (SSSR count). The molecular weight excluding hydrogens is 184 g/mol. The number of nitrogens with zero attached hydrogens (tertiary/aromatic N) is 2. The lowest BCUT2D eigenvalue weighted by molar-refractivity contribution is -0.125. The minimum absolute atomic E-state index is 0.155. The Bertz CT molecular complexity index is 306. The number of aryl methyl sites for hydroxylation is 1. The second-order valence-corrected chi connectivity index (χ2v) is 2.85. The third kappa shape index (κ3) is 2.54. The molecule has 0 fully saturated rings. The molecule has 0 aliphatic heterocycles. The number of anilines is 1. The van der Waals surface area contributed by atoms with Gasteiger partial charge in [-0.3, -0.25) is 9.48 Å². The molecule has 0 radical (unpaired) electrons. The molecule has 0 bridgehead atoms. The summed E-state index contributed by atoms with van der Waals surface area (Å²) in [6.45, 7) is 0.155. The maximum atomic E-state index is 11.4. The molecule has 1 amide bonds. The van der Waals surface area contributed by atoms with E-state index in [0.29, 0.717) is 5.69 Å². The molecule has 6 heteroatoms. The van der Waals surface area contributed by atoms with Crippen LogP contribution in [0.4, 0.5) is 5.69 Å². The molecule has 3 N–H and O–H groups in total. The molecule has 0 saturated carbocycles. The molecule has 1 atom stereocenters. The summed E-state index contributed by atoms with van der Waals surface area (Å²) in [6, 6.07) is 0. The number of rotatable bonds is 4. The van der Waals surface area contributed by atoms with E-state index in [2.05, 4.69) is 10.4 Å². The Labute approximate surface area is 82.0 Å². The Morgan fingerprint density at radius 2 is 2.57 bits per heavy atom. The first-order chi connectivity index (χ1) is 6.67. The van der Waals surface area contributed by atoms with Crippen LogP contribution in [0.1, 0.15) is 0 Å². The lowest BCUT2D eigenvalue weighted by atomic mass is 10.3. The van der Waals surface area contributed by atoms with Gasteiger partial charge in [0.05, 0.1) is 11.9 Å². The van der Waals surface area contributed by atoms with Crippen LogP contribution < -0.4 is 11.1 Å². The van der Waals surface area contributed by atoms with E-state index in [9.17, 15) is 4.79 Å². The SMILES string of the molecule is COC(CN)C(=O)Nc1cnn(C)c1. The Hall–Kier alpha value is -1.40. The molecule has 1 unspecified atom stereocenters. The predicted molar refractivity (Wildman–Crippen MR) is 51.7 cm³/mol. The molecular formula is C8H14N4O2. The van der Waals surface area contributed by atoms with Crippen molar-refractivity contribution in [3.63, 3.8) is 0 Å². The van der Waals surface area contributed by atoms with Crippen molar-refractivity contribution >= 4 is 11.6 Å². The Balaban J connectivity index is 2.56. The van der Waals surface area contributed by atoms with E-state index < -0.39 is 6.10 Å². The number of hydrogen-bond acceptors (Lipinski definition) is 4. The van der Waals surface area contributed by atoms with Gasteiger partial charge in [-0.05, 0) is 0 Å². The van der Waals surface area contributed by atoms with Crippen LogP contribution in [0.3, 0.4) is 0 Å². The molecule has 1 heterocycles. The quantitative estimate of drug-likeness (QED) is 0.672. The summed E-state index contributed by atoms with van der Waals surface area (Å²) in [6.07, 6.45) is 2.64. The Morgan fingerprint density at radius 3 is 3.00 bits per heavy atom. The van der Waals surface area contributed by atoms with E-state index in [1.54, 1.807) is 24.1 Å². The van der Waals surface area contributed by atoms with Gasteiger partial charge in [-0.15, -0.1) is 0 Å². The van der Waals surface area contributed by atoms with Gasteiger partial charge in [0.15, 0.2) is 0 Å². The zero-order valence-electron chi connectivity index (χ0n) is 8.23. The fourth-order valence-corrected chi connectivity index (χ4v) is 1.02. The van der Waals surface area contributed by atoms with E-state index >= 15 is 0 Å². The van der Waals surface area contributed by atoms with E-state index in [-0.39, 0.29) is 12.5 Å². The van der Waals surface area contributed by atoms with E-state index in [1.165, 1.54) is 7.11 Å². The van der Waals surface area contributed by atoms with Gasteiger partial charge in [0, 0.05) is 26.9 Å². The molecule has 0 aliphatic carbocycles. The maximum Gasteiger partial charge on any atom is 0.254 e. The van der Waals surface area contributed by atoms with Crippen LogP contribution in [0.2, 0.25) is 0 Å². The first-order valence-corrected chi connectivity index (χ1v) is 4.19. The highest BCUT2D eigenvalue weighted by Crippen LogP contribution is 2.04. The number of ether oxygens (including phenoxy) is 1. The van der Waals surface area contributed by atoms with Crippen LogP contribution >= 0.6 is 0 Å². The number of carbonyl (C=O) groups excluding carboxylic acids is 1. The second-order valence-electron chi connectivity index (χ2n) is 2.85. The molecule has 0 saturated heterocycles. The zero-order valence-corrected chi connectivity index (χ0v) is 8.23. The summed E-state index contributed by atoms with van der Waals surface area (Å²) >= 11 is 0. The average molecular weight is 198 g/mol. The highest BCUT2D eigenvalue weighted by atomic mass is 16.5. The first kappa shape index (κ1) is 10.7. The second kappa shape index (κ2) is 4.73. The smallest absolute Gasteiger partial charge is 0.254 e. The van der Waals surface area contributed by atoms with Crippen molar-refractivity contribution in [1.29, 1.82) is 0 Å². The van der Waals surface area contributed by atoms with Crippen molar-refractivity contribution in [2.24, 2.45) is 12.8 Å². The van der Waals surface area contributed by atoms with Gasteiger partial charge in [0.1, 0.15) is 6.10 Å². The summed E-state index contributed by atoms with van der Waals surface area (Å²) in [5.74, 6) is -0.261. The van der Waals surface area contributed by atoms with Gasteiger partial charge < -0.3 is 15.8 Å². The van der Waals surface area contributed by atoms with Gasteiger partial charge in [-0.25, -0.2) is 0 Å². The number of amides is 1. The zero-order chi connectivity index (χ0) is 10.6. The van der Waals surface area contributed by atoms with Gasteiger partial charge in [0.25, 0.3) is 5.91 Å². The summed E-state index contributed by atoms with van der Waals surface area (Å²) < 4.78 is 6.47. The Morgan fingerprint density at radius 1 is 1.86 bits per heavy atom. The highest BCUT2D eigenvalue weighted by Gasteiger charge is 2.15. The standard InChI is InChI=1S/C8H14N4O2/c1-12-5-6(4-10-12)11-8(13)7(3-9)14-2/h4-5,7H,3,9H2,1-2H3,(H,11,13). The van der Waals surface area contributed by atoms with E-state index in [0.717, 1.165) is 0 Å². The van der Waals surface area contributed by atoms with Crippen LogP contribution in [0.5, 0.6) is 0 Å². The molecule has 0 aliphatic rings. The summed E-state index contributed by atoms with van der Waals surface area (Å²) in [5.41, 5.74) is 5.97. The van der Waals surface area contributed by atoms with Gasteiger partial charge >= 0.3 is 0 Å². The molecule has 1 aromatic heterocycles. The third-order valence-corrected chi connectivity index (χ3v) is 1.76. The van der Waals surface area contributed by atoms with Crippen molar-refractivity contribution in [2.45, 2.75) is 6.10 Å². The Kier molecular flexibility index (Phi) is 3.61. The molecule has 1 aromatic rings. The number of hydrogen-bond donors (Lipinski definition) is 2. The number of methoxy groups -OCH3 is 1. The number of nitrogens with one attached hydrogen (secondary N) is 1. The maximum absolute atomic E-state index is 11.4. The molecule has 6 nitrogen and oxygen atoms in total. The first-order valence-electron chi connectivity index (χ1n) is 4.19. The number of aromatic nitrogens is 2. The highest BCUT2D eigenvalue weighted by molar-refractivity contribution is 5.94. The van der Waals surface area contributed by atoms with Crippen molar-refractivity contribution in [3.8, 4) is 0 Å². The predicted octanol–water partition coefficient (Wildman–Crippen LogP) is -0.668. The van der Waals surface area contributed by atoms with Gasteiger partial charge in [-0.2, -0.15) is 5.10 Å². The fraction of sp³-hybridized carbons (Fsp3) is 0.500. The normalized spacial score (nSPS) is 12.5. The van der Waals surface area contributed by atoms with Crippen LogP contribution in [0, 0.1) is 0 Å². The van der Waals surface area contributed by atoms with Crippen LogP contribution in [0.15, 0.2) is 12.4 Å². The topological polar surface area (TPSA) is 82.2 Å². The van der Waals surface area contributed by atoms with Crippen LogP contribution in [-0.4, -0.2) is 35.4 Å². The van der Waals surface area contributed by atoms with Gasteiger partial charge in [0.2, 0.25) is 0 Å². The molecule has 0 aromatic carbocycles. The number of carbonyl (C=O) groups is 1. The van der Waals surface area contributed by atoms with E-state index in [1.807, 2.05) is 0 Å². The lowest BCUT2D eigenvalue weighted by Gasteiger charge is -2.11. The lowest BCUT2D eigenvalue weighted by Crippen LogP contribution is -2.35. The number of nitrogens with two attached hydrogens (primary N) is 1. The average Bonchev–Trinajstić information content (AvgIpc) is 2.53. The monoisotopic (exact) mass is 198 g/mol.